The molecule has 0 aliphatic rings. The van der Waals surface area contributed by atoms with Crippen LogP contribution in [0.1, 0.15) is 0 Å². The van der Waals surface area contributed by atoms with E-state index in [4.69, 9.17) is 27.7 Å². The second kappa shape index (κ2) is 5.56. The summed E-state index contributed by atoms with van der Waals surface area (Å²) in [5.41, 5.74) is 1.51. The monoisotopic (exact) mass is 368 g/mol. The molecule has 0 bridgehead atoms. The SMILES string of the molecule is Clc1ccc(-c2nc(-c3ccccc3Br)no2)c(Cl)c1. The summed E-state index contributed by atoms with van der Waals surface area (Å²) in [6, 6.07) is 12.8. The maximum absolute atomic E-state index is 6.13. The van der Waals surface area contributed by atoms with Crippen molar-refractivity contribution in [3.05, 3.63) is 57.0 Å². The number of aromatic nitrogens is 2. The van der Waals surface area contributed by atoms with E-state index in [-0.39, 0.29) is 0 Å². The van der Waals surface area contributed by atoms with Gasteiger partial charge in [-0.15, -0.1) is 0 Å². The summed E-state index contributed by atoms with van der Waals surface area (Å²) in [5.74, 6) is 0.857. The summed E-state index contributed by atoms with van der Waals surface area (Å²) >= 11 is 15.5. The third-order valence-electron chi connectivity index (χ3n) is 2.70. The Morgan fingerprint density at radius 2 is 1.80 bits per heavy atom. The Morgan fingerprint density at radius 3 is 2.55 bits per heavy atom. The lowest BCUT2D eigenvalue weighted by molar-refractivity contribution is 0.432. The van der Waals surface area contributed by atoms with Crippen molar-refractivity contribution >= 4 is 39.1 Å². The predicted octanol–water partition coefficient (Wildman–Crippen LogP) is 5.47. The van der Waals surface area contributed by atoms with Gasteiger partial charge < -0.3 is 4.52 Å². The van der Waals surface area contributed by atoms with Gasteiger partial charge in [-0.05, 0) is 30.3 Å². The van der Waals surface area contributed by atoms with Gasteiger partial charge in [0, 0.05) is 15.1 Å². The number of hydrogen-bond donors (Lipinski definition) is 0. The molecule has 2 aromatic carbocycles. The third kappa shape index (κ3) is 2.59. The minimum atomic E-state index is 0.359. The van der Waals surface area contributed by atoms with Crippen LogP contribution in [0.2, 0.25) is 10.0 Å². The molecule has 3 nitrogen and oxygen atoms in total. The highest BCUT2D eigenvalue weighted by atomic mass is 79.9. The molecule has 0 unspecified atom stereocenters. The zero-order chi connectivity index (χ0) is 14.1. The van der Waals surface area contributed by atoms with Gasteiger partial charge in [0.2, 0.25) is 5.82 Å². The number of nitrogens with zero attached hydrogens (tertiary/aromatic N) is 2. The van der Waals surface area contributed by atoms with Gasteiger partial charge in [-0.2, -0.15) is 4.98 Å². The molecule has 0 aliphatic heterocycles. The van der Waals surface area contributed by atoms with Crippen molar-refractivity contribution in [1.82, 2.24) is 10.1 Å². The normalized spacial score (nSPS) is 10.8. The third-order valence-corrected chi connectivity index (χ3v) is 3.94. The first-order chi connectivity index (χ1) is 9.65. The van der Waals surface area contributed by atoms with E-state index < -0.39 is 0 Å². The van der Waals surface area contributed by atoms with Crippen LogP contribution in [-0.2, 0) is 0 Å². The van der Waals surface area contributed by atoms with E-state index in [1.807, 2.05) is 24.3 Å². The minimum Gasteiger partial charge on any atom is -0.334 e. The number of hydrogen-bond acceptors (Lipinski definition) is 3. The zero-order valence-corrected chi connectivity index (χ0v) is 13.1. The molecule has 3 rings (SSSR count). The number of rotatable bonds is 2. The standard InChI is InChI=1S/C14H7BrCl2N2O/c15-11-4-2-1-3-9(11)13-18-14(20-19-13)10-6-5-8(16)7-12(10)17/h1-7H. The van der Waals surface area contributed by atoms with Crippen LogP contribution in [0.4, 0.5) is 0 Å². The first-order valence-electron chi connectivity index (χ1n) is 5.69. The van der Waals surface area contributed by atoms with Gasteiger partial charge in [-0.1, -0.05) is 56.4 Å². The van der Waals surface area contributed by atoms with E-state index >= 15 is 0 Å². The smallest absolute Gasteiger partial charge is 0.259 e. The van der Waals surface area contributed by atoms with Gasteiger partial charge in [0.15, 0.2) is 0 Å². The van der Waals surface area contributed by atoms with E-state index in [0.29, 0.717) is 27.3 Å². The fraction of sp³-hybridized carbons (Fsp3) is 0. The van der Waals surface area contributed by atoms with Gasteiger partial charge in [0.05, 0.1) is 10.6 Å². The van der Waals surface area contributed by atoms with Gasteiger partial charge >= 0.3 is 0 Å². The van der Waals surface area contributed by atoms with Gasteiger partial charge in [-0.3, -0.25) is 0 Å². The fourth-order valence-electron chi connectivity index (χ4n) is 1.75. The summed E-state index contributed by atoms with van der Waals surface area (Å²) in [4.78, 5) is 4.37. The second-order valence-electron chi connectivity index (χ2n) is 4.03. The van der Waals surface area contributed by atoms with Gasteiger partial charge in [0.1, 0.15) is 0 Å². The highest BCUT2D eigenvalue weighted by molar-refractivity contribution is 9.10. The topological polar surface area (TPSA) is 38.9 Å². The molecule has 3 aromatic rings. The molecule has 0 aliphatic carbocycles. The van der Waals surface area contributed by atoms with Crippen molar-refractivity contribution in [3.63, 3.8) is 0 Å². The van der Waals surface area contributed by atoms with E-state index in [2.05, 4.69) is 26.1 Å². The Kier molecular flexibility index (Phi) is 3.78. The molecule has 0 saturated carbocycles. The lowest BCUT2D eigenvalue weighted by Gasteiger charge is -1.98. The Morgan fingerprint density at radius 1 is 1.00 bits per heavy atom. The van der Waals surface area contributed by atoms with E-state index in [1.165, 1.54) is 0 Å². The van der Waals surface area contributed by atoms with Crippen LogP contribution in [-0.4, -0.2) is 10.1 Å². The van der Waals surface area contributed by atoms with Crippen LogP contribution in [0.25, 0.3) is 22.8 Å². The molecular formula is C14H7BrCl2N2O. The predicted molar refractivity (Wildman–Crippen MR) is 82.9 cm³/mol. The average Bonchev–Trinajstić information content (AvgIpc) is 2.88. The van der Waals surface area contributed by atoms with Crippen LogP contribution >= 0.6 is 39.1 Å². The number of benzene rings is 2. The first-order valence-corrected chi connectivity index (χ1v) is 7.24. The summed E-state index contributed by atoms with van der Waals surface area (Å²) in [7, 11) is 0. The molecule has 1 aromatic heterocycles. The minimum absolute atomic E-state index is 0.359. The van der Waals surface area contributed by atoms with Crippen LogP contribution < -0.4 is 0 Å². The highest BCUT2D eigenvalue weighted by Crippen LogP contribution is 2.32. The quantitative estimate of drug-likeness (QED) is 0.600. The molecule has 0 saturated heterocycles. The lowest BCUT2D eigenvalue weighted by atomic mass is 10.2. The summed E-state index contributed by atoms with van der Waals surface area (Å²) < 4.78 is 6.17. The zero-order valence-electron chi connectivity index (χ0n) is 9.98. The summed E-state index contributed by atoms with van der Waals surface area (Å²) in [6.45, 7) is 0. The average molecular weight is 370 g/mol. The van der Waals surface area contributed by atoms with Crippen LogP contribution in [0.15, 0.2) is 51.5 Å². The second-order valence-corrected chi connectivity index (χ2v) is 5.73. The van der Waals surface area contributed by atoms with Crippen molar-refractivity contribution < 1.29 is 4.52 Å². The Labute approximate surface area is 133 Å². The van der Waals surface area contributed by atoms with Crippen molar-refractivity contribution in [1.29, 1.82) is 0 Å². The Bertz CT molecular complexity index is 773. The van der Waals surface area contributed by atoms with Crippen molar-refractivity contribution in [3.8, 4) is 22.8 Å². The molecule has 0 atom stereocenters. The van der Waals surface area contributed by atoms with Gasteiger partial charge in [0.25, 0.3) is 5.89 Å². The number of halogens is 3. The van der Waals surface area contributed by atoms with E-state index in [1.54, 1.807) is 18.2 Å². The van der Waals surface area contributed by atoms with Crippen molar-refractivity contribution in [2.45, 2.75) is 0 Å². The molecule has 6 heteroatoms. The maximum atomic E-state index is 6.13. The summed E-state index contributed by atoms with van der Waals surface area (Å²) in [6.07, 6.45) is 0. The Hall–Kier alpha value is -1.36. The van der Waals surface area contributed by atoms with Gasteiger partial charge in [-0.25, -0.2) is 0 Å². The van der Waals surface area contributed by atoms with E-state index in [0.717, 1.165) is 10.0 Å². The lowest BCUT2D eigenvalue weighted by Crippen LogP contribution is -1.83. The molecule has 0 radical (unpaired) electrons. The molecule has 0 N–H and O–H groups in total. The molecule has 0 amide bonds. The van der Waals surface area contributed by atoms with Crippen LogP contribution in [0.5, 0.6) is 0 Å². The van der Waals surface area contributed by atoms with Crippen molar-refractivity contribution in [2.24, 2.45) is 0 Å². The van der Waals surface area contributed by atoms with E-state index in [9.17, 15) is 0 Å². The molecule has 100 valence electrons. The first kappa shape index (κ1) is 13.6. The highest BCUT2D eigenvalue weighted by Gasteiger charge is 2.15. The molecular weight excluding hydrogens is 363 g/mol. The van der Waals surface area contributed by atoms with Crippen molar-refractivity contribution in [2.75, 3.05) is 0 Å². The molecule has 20 heavy (non-hydrogen) atoms. The summed E-state index contributed by atoms with van der Waals surface area (Å²) in [5, 5.41) is 5.01. The van der Waals surface area contributed by atoms with Crippen LogP contribution in [0, 0.1) is 0 Å². The Balaban J connectivity index is 2.04. The molecule has 0 fully saturated rings. The maximum Gasteiger partial charge on any atom is 0.259 e. The largest absolute Gasteiger partial charge is 0.334 e. The molecule has 1 heterocycles. The fourth-order valence-corrected chi connectivity index (χ4v) is 2.70. The molecule has 0 spiro atoms. The van der Waals surface area contributed by atoms with Crippen LogP contribution in [0.3, 0.4) is 0 Å².